The average molecular weight is 479 g/mol. The van der Waals surface area contributed by atoms with Gasteiger partial charge in [0.25, 0.3) is 15.9 Å². The van der Waals surface area contributed by atoms with E-state index >= 15 is 0 Å². The van der Waals surface area contributed by atoms with Crippen molar-refractivity contribution in [2.24, 2.45) is 0 Å². The quantitative estimate of drug-likeness (QED) is 0.504. The summed E-state index contributed by atoms with van der Waals surface area (Å²) in [5.74, 6) is -0.430. The summed E-state index contributed by atoms with van der Waals surface area (Å²) in [5, 5.41) is 5.61. The minimum absolute atomic E-state index is 0.00236. The van der Waals surface area contributed by atoms with Crippen LogP contribution in [0, 0.1) is 13.8 Å². The third-order valence-corrected chi connectivity index (χ3v) is 6.98. The highest BCUT2D eigenvalue weighted by atomic mass is 32.2. The van der Waals surface area contributed by atoms with Crippen molar-refractivity contribution in [3.8, 4) is 0 Å². The summed E-state index contributed by atoms with van der Waals surface area (Å²) in [6.45, 7) is 5.28. The van der Waals surface area contributed by atoms with Gasteiger partial charge in [-0.2, -0.15) is 0 Å². The highest BCUT2D eigenvalue weighted by Crippen LogP contribution is 2.22. The third kappa shape index (κ3) is 5.37. The first-order valence-electron chi connectivity index (χ1n) is 10.8. The number of piperazine rings is 1. The van der Waals surface area contributed by atoms with E-state index in [1.165, 1.54) is 12.1 Å². The Hall–Kier alpha value is -3.85. The maximum atomic E-state index is 12.9. The number of nitrogens with one attached hydrogen (secondary N) is 3. The molecule has 0 aromatic heterocycles. The molecule has 1 heterocycles. The zero-order valence-electron chi connectivity index (χ0n) is 19.0. The van der Waals surface area contributed by atoms with Gasteiger partial charge in [-0.05, 0) is 67.9 Å². The van der Waals surface area contributed by atoms with Crippen LogP contribution in [0.4, 0.5) is 17.1 Å². The first-order chi connectivity index (χ1) is 16.2. The molecule has 0 unspecified atom stereocenters. The van der Waals surface area contributed by atoms with E-state index in [0.29, 0.717) is 36.6 Å². The van der Waals surface area contributed by atoms with E-state index in [2.05, 4.69) is 15.4 Å². The molecular formula is C25H26N4O4S. The molecule has 3 aromatic carbocycles. The van der Waals surface area contributed by atoms with E-state index in [-0.39, 0.29) is 16.4 Å². The number of aryl methyl sites for hydroxylation is 2. The summed E-state index contributed by atoms with van der Waals surface area (Å²) in [4.78, 5) is 26.5. The standard InChI is InChI=1S/C25H26N4O4S/c1-17-3-6-20(7-4-17)28-34(32,33)22-12-5-18(2)23(15-22)25(31)27-19-8-10-21(11-9-19)29-14-13-26-24(30)16-29/h3-12,15,28H,13-14,16H2,1-2H3,(H,26,30)(H,27,31). The molecule has 4 rings (SSSR count). The summed E-state index contributed by atoms with van der Waals surface area (Å²) in [5.41, 5.74) is 3.85. The Balaban J connectivity index is 1.49. The second-order valence-electron chi connectivity index (χ2n) is 8.22. The van der Waals surface area contributed by atoms with E-state index in [1.807, 2.05) is 36.1 Å². The monoisotopic (exact) mass is 478 g/mol. The lowest BCUT2D eigenvalue weighted by Gasteiger charge is -2.28. The lowest BCUT2D eigenvalue weighted by Crippen LogP contribution is -2.47. The van der Waals surface area contributed by atoms with Gasteiger partial charge in [0.2, 0.25) is 5.91 Å². The number of rotatable bonds is 6. The topological polar surface area (TPSA) is 108 Å². The summed E-state index contributed by atoms with van der Waals surface area (Å²) >= 11 is 0. The van der Waals surface area contributed by atoms with Gasteiger partial charge in [0, 0.05) is 35.7 Å². The summed E-state index contributed by atoms with van der Waals surface area (Å²) < 4.78 is 28.3. The van der Waals surface area contributed by atoms with E-state index in [4.69, 9.17) is 0 Å². The van der Waals surface area contributed by atoms with Gasteiger partial charge in [-0.15, -0.1) is 0 Å². The number of hydrogen-bond acceptors (Lipinski definition) is 5. The van der Waals surface area contributed by atoms with Crippen LogP contribution in [0.5, 0.6) is 0 Å². The van der Waals surface area contributed by atoms with Crippen molar-refractivity contribution in [2.75, 3.05) is 34.6 Å². The molecule has 9 heteroatoms. The fourth-order valence-electron chi connectivity index (χ4n) is 3.66. The predicted molar refractivity (Wildman–Crippen MR) is 133 cm³/mol. The number of hydrogen-bond donors (Lipinski definition) is 3. The van der Waals surface area contributed by atoms with E-state index in [0.717, 1.165) is 11.3 Å². The molecule has 0 atom stereocenters. The molecule has 1 fully saturated rings. The summed E-state index contributed by atoms with van der Waals surface area (Å²) in [7, 11) is -3.86. The molecule has 8 nitrogen and oxygen atoms in total. The minimum Gasteiger partial charge on any atom is -0.360 e. The first-order valence-corrected chi connectivity index (χ1v) is 12.3. The Morgan fingerprint density at radius 1 is 0.941 bits per heavy atom. The second kappa shape index (κ2) is 9.56. The lowest BCUT2D eigenvalue weighted by molar-refractivity contribution is -0.120. The van der Waals surface area contributed by atoms with Crippen LogP contribution >= 0.6 is 0 Å². The van der Waals surface area contributed by atoms with Gasteiger partial charge < -0.3 is 15.5 Å². The van der Waals surface area contributed by atoms with Crippen molar-refractivity contribution in [2.45, 2.75) is 18.7 Å². The zero-order valence-corrected chi connectivity index (χ0v) is 19.8. The van der Waals surface area contributed by atoms with Gasteiger partial charge in [-0.25, -0.2) is 8.42 Å². The van der Waals surface area contributed by atoms with Crippen LogP contribution in [-0.2, 0) is 14.8 Å². The summed E-state index contributed by atoms with van der Waals surface area (Å²) in [6.07, 6.45) is 0. The Labute approximate surface area is 199 Å². The minimum atomic E-state index is -3.86. The van der Waals surface area contributed by atoms with Gasteiger partial charge >= 0.3 is 0 Å². The third-order valence-electron chi connectivity index (χ3n) is 5.60. The molecule has 34 heavy (non-hydrogen) atoms. The zero-order chi connectivity index (χ0) is 24.3. The van der Waals surface area contributed by atoms with Crippen LogP contribution in [0.2, 0.25) is 0 Å². The van der Waals surface area contributed by atoms with Crippen molar-refractivity contribution in [1.29, 1.82) is 0 Å². The normalized spacial score (nSPS) is 13.8. The molecule has 0 saturated carbocycles. The highest BCUT2D eigenvalue weighted by molar-refractivity contribution is 7.92. The van der Waals surface area contributed by atoms with E-state index in [9.17, 15) is 18.0 Å². The Kier molecular flexibility index (Phi) is 6.56. The van der Waals surface area contributed by atoms with Gasteiger partial charge in [0.1, 0.15) is 0 Å². The highest BCUT2D eigenvalue weighted by Gasteiger charge is 2.19. The van der Waals surface area contributed by atoms with Crippen LogP contribution in [0.15, 0.2) is 71.6 Å². The van der Waals surface area contributed by atoms with Gasteiger partial charge in [-0.1, -0.05) is 23.8 Å². The first kappa shape index (κ1) is 23.3. The molecule has 3 aromatic rings. The molecule has 0 radical (unpaired) electrons. The molecule has 0 spiro atoms. The van der Waals surface area contributed by atoms with Crippen molar-refractivity contribution < 1.29 is 18.0 Å². The number of amides is 2. The number of nitrogens with zero attached hydrogens (tertiary/aromatic N) is 1. The number of carbonyl (C=O) groups excluding carboxylic acids is 2. The van der Waals surface area contributed by atoms with E-state index < -0.39 is 15.9 Å². The van der Waals surface area contributed by atoms with Crippen molar-refractivity contribution >= 4 is 38.9 Å². The van der Waals surface area contributed by atoms with E-state index in [1.54, 1.807) is 37.3 Å². The van der Waals surface area contributed by atoms with Gasteiger partial charge in [0.05, 0.1) is 11.4 Å². The van der Waals surface area contributed by atoms with Crippen molar-refractivity contribution in [3.63, 3.8) is 0 Å². The maximum Gasteiger partial charge on any atom is 0.261 e. The van der Waals surface area contributed by atoms with Gasteiger partial charge in [-0.3, -0.25) is 14.3 Å². The fraction of sp³-hybridized carbons (Fsp3) is 0.200. The molecule has 2 amide bonds. The SMILES string of the molecule is Cc1ccc(NS(=O)(=O)c2ccc(C)c(C(=O)Nc3ccc(N4CCNC(=O)C4)cc3)c2)cc1. The van der Waals surface area contributed by atoms with Gasteiger partial charge in [0.15, 0.2) is 0 Å². The van der Waals surface area contributed by atoms with Crippen LogP contribution < -0.4 is 20.3 Å². The second-order valence-corrected chi connectivity index (χ2v) is 9.90. The Morgan fingerprint density at radius 3 is 2.29 bits per heavy atom. The predicted octanol–water partition coefficient (Wildman–Crippen LogP) is 3.29. The smallest absolute Gasteiger partial charge is 0.261 e. The Morgan fingerprint density at radius 2 is 1.62 bits per heavy atom. The van der Waals surface area contributed by atoms with Crippen LogP contribution in [0.1, 0.15) is 21.5 Å². The molecule has 1 aliphatic rings. The molecule has 1 aliphatic heterocycles. The maximum absolute atomic E-state index is 12.9. The average Bonchev–Trinajstić information content (AvgIpc) is 2.81. The van der Waals surface area contributed by atoms with Crippen molar-refractivity contribution in [1.82, 2.24) is 5.32 Å². The molecule has 0 bridgehead atoms. The molecular weight excluding hydrogens is 452 g/mol. The summed E-state index contributed by atoms with van der Waals surface area (Å²) in [6, 6.07) is 18.7. The molecule has 1 saturated heterocycles. The number of anilines is 3. The molecule has 3 N–H and O–H groups in total. The fourth-order valence-corrected chi connectivity index (χ4v) is 4.75. The van der Waals surface area contributed by atoms with Crippen molar-refractivity contribution in [3.05, 3.63) is 83.4 Å². The Bertz CT molecular complexity index is 1320. The number of benzene rings is 3. The number of sulfonamides is 1. The lowest BCUT2D eigenvalue weighted by atomic mass is 10.1. The number of carbonyl (C=O) groups is 2. The molecule has 176 valence electrons. The largest absolute Gasteiger partial charge is 0.360 e. The van der Waals surface area contributed by atoms with Crippen LogP contribution in [0.3, 0.4) is 0 Å². The van der Waals surface area contributed by atoms with Crippen LogP contribution in [0.25, 0.3) is 0 Å². The molecule has 0 aliphatic carbocycles. The van der Waals surface area contributed by atoms with Crippen LogP contribution in [-0.4, -0.2) is 39.9 Å².